The fourth-order valence-electron chi connectivity index (χ4n) is 10.1. The molecular formula is C57H41N5O. The Bertz CT molecular complexity index is 3700. The van der Waals surface area contributed by atoms with E-state index < -0.39 is 0 Å². The van der Waals surface area contributed by atoms with Gasteiger partial charge in [-0.05, 0) is 90.2 Å². The number of nitrogens with zero attached hydrogens (tertiary/aromatic N) is 3. The zero-order valence-electron chi connectivity index (χ0n) is 34.4. The lowest BCUT2D eigenvalue weighted by molar-refractivity contribution is 0.411. The summed E-state index contributed by atoms with van der Waals surface area (Å²) in [4.78, 5) is 5.29. The van der Waals surface area contributed by atoms with Crippen molar-refractivity contribution in [1.82, 2.24) is 19.8 Å². The number of aromatic nitrogens is 2. The van der Waals surface area contributed by atoms with Crippen molar-refractivity contribution in [2.75, 3.05) is 0 Å². The summed E-state index contributed by atoms with van der Waals surface area (Å²) < 4.78 is 11.6. The third-order valence-corrected chi connectivity index (χ3v) is 13.0. The molecule has 0 fully saturated rings. The van der Waals surface area contributed by atoms with E-state index in [1.807, 2.05) is 6.07 Å². The van der Waals surface area contributed by atoms with Gasteiger partial charge in [0.25, 0.3) is 0 Å². The van der Waals surface area contributed by atoms with E-state index in [1.54, 1.807) is 0 Å². The monoisotopic (exact) mass is 811 g/mol. The van der Waals surface area contributed by atoms with Crippen LogP contribution in [0.25, 0.3) is 82.5 Å². The molecule has 0 spiro atoms. The first kappa shape index (κ1) is 35.8. The molecule has 1 aliphatic heterocycles. The maximum absolute atomic E-state index is 6.82. The van der Waals surface area contributed by atoms with Crippen LogP contribution in [-0.2, 0) is 0 Å². The van der Waals surface area contributed by atoms with E-state index in [0.717, 1.165) is 79.7 Å². The Morgan fingerprint density at radius 1 is 0.508 bits per heavy atom. The van der Waals surface area contributed by atoms with Gasteiger partial charge in [0, 0.05) is 60.9 Å². The summed E-state index contributed by atoms with van der Waals surface area (Å²) >= 11 is 0. The summed E-state index contributed by atoms with van der Waals surface area (Å²) in [5.74, 6) is 0.853. The molecule has 0 bridgehead atoms. The number of fused-ring (bicyclic) bond motifs is 9. The molecule has 11 aromatic rings. The SMILES string of the molecule is C1=CC(c2cccc(C3N=C(c4ccccc4)NC(c4cccc5oc6cc(-n7c8ccccc8c8cc9c(cc87)c7ccccc7n9-c7ccccc7)ccc6c45)N3)c2)=CCC1. The van der Waals surface area contributed by atoms with E-state index in [4.69, 9.17) is 9.41 Å². The van der Waals surface area contributed by atoms with Crippen LogP contribution in [0.15, 0.2) is 210 Å². The second-order valence-corrected chi connectivity index (χ2v) is 16.7. The van der Waals surface area contributed by atoms with Gasteiger partial charge in [0.1, 0.15) is 29.3 Å². The number of benzene rings is 8. The average Bonchev–Trinajstić information content (AvgIpc) is 4.01. The van der Waals surface area contributed by atoms with E-state index in [2.05, 4.69) is 214 Å². The van der Waals surface area contributed by atoms with E-state index in [-0.39, 0.29) is 12.3 Å². The highest BCUT2D eigenvalue weighted by Crippen LogP contribution is 2.42. The molecule has 2 atom stereocenters. The first-order chi connectivity index (χ1) is 31.2. The lowest BCUT2D eigenvalue weighted by Gasteiger charge is -2.32. The lowest BCUT2D eigenvalue weighted by atomic mass is 9.97. The molecule has 2 N–H and O–H groups in total. The average molecular weight is 812 g/mol. The summed E-state index contributed by atoms with van der Waals surface area (Å²) in [5.41, 5.74) is 14.3. The third-order valence-electron chi connectivity index (χ3n) is 13.0. The quantitative estimate of drug-likeness (QED) is 0.176. The Kier molecular flexibility index (Phi) is 8.14. The Labute approximate surface area is 363 Å². The van der Waals surface area contributed by atoms with E-state index >= 15 is 0 Å². The lowest BCUT2D eigenvalue weighted by Crippen LogP contribution is -2.45. The molecule has 1 aliphatic carbocycles. The Morgan fingerprint density at radius 3 is 1.94 bits per heavy atom. The van der Waals surface area contributed by atoms with Gasteiger partial charge in [0.15, 0.2) is 0 Å². The van der Waals surface area contributed by atoms with Gasteiger partial charge in [-0.15, -0.1) is 0 Å². The molecule has 2 unspecified atom stereocenters. The molecule has 0 amide bonds. The van der Waals surface area contributed by atoms with Crippen LogP contribution in [0.3, 0.4) is 0 Å². The molecule has 63 heavy (non-hydrogen) atoms. The number of hydrogen-bond acceptors (Lipinski definition) is 4. The maximum Gasteiger partial charge on any atom is 0.137 e. The van der Waals surface area contributed by atoms with Crippen LogP contribution in [0.1, 0.15) is 47.4 Å². The number of nitrogens with one attached hydrogen (secondary N) is 2. The Balaban J connectivity index is 0.949. The maximum atomic E-state index is 6.82. The molecule has 13 rings (SSSR count). The zero-order chi connectivity index (χ0) is 41.4. The molecule has 6 heteroatoms. The minimum absolute atomic E-state index is 0.248. The predicted molar refractivity (Wildman–Crippen MR) is 260 cm³/mol. The largest absolute Gasteiger partial charge is 0.456 e. The molecular weight excluding hydrogens is 771 g/mol. The van der Waals surface area contributed by atoms with Crippen LogP contribution in [0.2, 0.25) is 0 Å². The third kappa shape index (κ3) is 5.79. The van der Waals surface area contributed by atoms with Gasteiger partial charge in [-0.2, -0.15) is 0 Å². The fraction of sp³-hybridized carbons (Fsp3) is 0.0702. The first-order valence-electron chi connectivity index (χ1n) is 21.8. The number of hydrogen-bond donors (Lipinski definition) is 2. The second-order valence-electron chi connectivity index (χ2n) is 16.7. The predicted octanol–water partition coefficient (Wildman–Crippen LogP) is 13.9. The molecule has 4 heterocycles. The van der Waals surface area contributed by atoms with E-state index in [0.29, 0.717) is 0 Å². The van der Waals surface area contributed by atoms with Crippen LogP contribution >= 0.6 is 0 Å². The normalized spacial score (nSPS) is 16.6. The van der Waals surface area contributed by atoms with Crippen molar-refractivity contribution >= 4 is 77.0 Å². The minimum atomic E-state index is -0.275. The smallest absolute Gasteiger partial charge is 0.137 e. The van der Waals surface area contributed by atoms with Gasteiger partial charge in [-0.3, -0.25) is 5.32 Å². The topological polar surface area (TPSA) is 59.4 Å². The highest BCUT2D eigenvalue weighted by Gasteiger charge is 2.28. The van der Waals surface area contributed by atoms with Crippen LogP contribution in [-0.4, -0.2) is 15.0 Å². The Morgan fingerprint density at radius 2 is 1.19 bits per heavy atom. The van der Waals surface area contributed by atoms with Crippen molar-refractivity contribution in [3.8, 4) is 11.4 Å². The van der Waals surface area contributed by atoms with Gasteiger partial charge in [-0.1, -0.05) is 133 Å². The number of aliphatic imine (C=N–C) groups is 1. The molecule has 0 radical (unpaired) electrons. The summed E-state index contributed by atoms with van der Waals surface area (Å²) in [6.45, 7) is 0. The standard InChI is InChI=1S/C57H41N5O/c1-4-16-36(17-5-1)38-20-14-21-39(32-38)56-58-55(37-18-6-2-7-19-37)59-57(60-56)45-26-15-29-52-54(45)44-31-30-41(33-53(44)63-52)62-49-28-13-11-25-43(49)47-34-50-46(35-51(47)62)42-24-10-12-27-48(42)61(50)40-22-8-3-9-23-40/h2-4,6-35,56-57,60H,1,5H2,(H,58,59). The minimum Gasteiger partial charge on any atom is -0.456 e. The van der Waals surface area contributed by atoms with Crippen LogP contribution in [0.4, 0.5) is 0 Å². The van der Waals surface area contributed by atoms with Crippen LogP contribution < -0.4 is 10.6 Å². The van der Waals surface area contributed by atoms with Crippen molar-refractivity contribution < 1.29 is 4.42 Å². The van der Waals surface area contributed by atoms with Gasteiger partial charge >= 0.3 is 0 Å². The van der Waals surface area contributed by atoms with Gasteiger partial charge < -0.3 is 18.9 Å². The molecule has 300 valence electrons. The number of amidine groups is 1. The molecule has 0 saturated carbocycles. The van der Waals surface area contributed by atoms with Gasteiger partial charge in [0.05, 0.1) is 22.1 Å². The van der Waals surface area contributed by atoms with Crippen molar-refractivity contribution in [1.29, 1.82) is 0 Å². The summed E-state index contributed by atoms with van der Waals surface area (Å²) in [7, 11) is 0. The second kappa shape index (κ2) is 14.3. The van der Waals surface area contributed by atoms with Crippen LogP contribution in [0, 0.1) is 0 Å². The van der Waals surface area contributed by atoms with Crippen LogP contribution in [0.5, 0.6) is 0 Å². The number of allylic oxidation sites excluding steroid dienone is 4. The fourth-order valence-corrected chi connectivity index (χ4v) is 10.1. The van der Waals surface area contributed by atoms with Crippen molar-refractivity contribution in [3.63, 3.8) is 0 Å². The molecule has 0 saturated heterocycles. The highest BCUT2D eigenvalue weighted by atomic mass is 16.3. The van der Waals surface area contributed by atoms with E-state index in [9.17, 15) is 0 Å². The number of furan rings is 1. The van der Waals surface area contributed by atoms with Crippen molar-refractivity contribution in [2.45, 2.75) is 25.2 Å². The molecule has 2 aliphatic rings. The summed E-state index contributed by atoms with van der Waals surface area (Å²) in [6, 6.07) is 65.2. The van der Waals surface area contributed by atoms with Crippen molar-refractivity contribution in [2.24, 2.45) is 4.99 Å². The first-order valence-corrected chi connectivity index (χ1v) is 21.8. The number of rotatable bonds is 6. The Hall–Kier alpha value is -7.93. The molecule has 6 nitrogen and oxygen atoms in total. The van der Waals surface area contributed by atoms with E-state index in [1.165, 1.54) is 43.7 Å². The highest BCUT2D eigenvalue weighted by molar-refractivity contribution is 6.19. The summed E-state index contributed by atoms with van der Waals surface area (Å²) in [5, 5.41) is 14.7. The number of para-hydroxylation sites is 3. The zero-order valence-corrected chi connectivity index (χ0v) is 34.4. The van der Waals surface area contributed by atoms with Gasteiger partial charge in [0.2, 0.25) is 0 Å². The van der Waals surface area contributed by atoms with Crippen molar-refractivity contribution in [3.05, 3.63) is 222 Å². The van der Waals surface area contributed by atoms with Gasteiger partial charge in [-0.25, -0.2) is 4.99 Å². The molecule has 3 aromatic heterocycles. The molecule has 8 aromatic carbocycles. The summed E-state index contributed by atoms with van der Waals surface area (Å²) in [6.07, 6.45) is 8.46.